The minimum absolute atomic E-state index is 0.172. The van der Waals surface area contributed by atoms with Gasteiger partial charge in [0.15, 0.2) is 0 Å². The molecule has 28 heavy (non-hydrogen) atoms. The molecule has 6 nitrogen and oxygen atoms in total. The monoisotopic (exact) mass is 376 g/mol. The average molecular weight is 376 g/mol. The summed E-state index contributed by atoms with van der Waals surface area (Å²) in [7, 11) is 0. The summed E-state index contributed by atoms with van der Waals surface area (Å²) in [4.78, 5) is 16.9. The summed E-state index contributed by atoms with van der Waals surface area (Å²) in [6.07, 6.45) is 2.72. The van der Waals surface area contributed by atoms with E-state index in [0.717, 1.165) is 27.9 Å². The molecule has 0 aromatic heterocycles. The maximum absolute atomic E-state index is 12.4. The highest BCUT2D eigenvalue weighted by Crippen LogP contribution is 2.29. The van der Waals surface area contributed by atoms with Crippen LogP contribution < -0.4 is 16.8 Å². The van der Waals surface area contributed by atoms with Gasteiger partial charge in [-0.05, 0) is 80.3 Å². The molecule has 144 valence electrons. The molecule has 0 atom stereocenters. The van der Waals surface area contributed by atoms with E-state index in [2.05, 4.69) is 10.3 Å². The van der Waals surface area contributed by atoms with Gasteiger partial charge in [-0.1, -0.05) is 0 Å². The molecule has 0 heterocycles. The van der Waals surface area contributed by atoms with Crippen LogP contribution in [0, 0.1) is 27.7 Å². The van der Waals surface area contributed by atoms with Crippen molar-refractivity contribution in [2.24, 2.45) is 4.99 Å². The molecule has 3 rings (SSSR count). The number of aliphatic imine (C=N–C) groups is 1. The average Bonchev–Trinajstić information content (AvgIpc) is 2.66. The Hall–Kier alpha value is -3.54. The molecule has 0 fully saturated rings. The molecule has 0 bridgehead atoms. The molecular formula is C22H24N4O2. The number of benzene rings is 2. The van der Waals surface area contributed by atoms with E-state index in [0.29, 0.717) is 28.5 Å². The fraction of sp³-hybridized carbons (Fsp3) is 0.182. The van der Waals surface area contributed by atoms with Crippen LogP contribution in [-0.4, -0.2) is 16.6 Å². The zero-order valence-corrected chi connectivity index (χ0v) is 16.4. The maximum atomic E-state index is 12.4. The summed E-state index contributed by atoms with van der Waals surface area (Å²) in [6, 6.07) is 7.19. The quantitative estimate of drug-likeness (QED) is 0.474. The van der Waals surface area contributed by atoms with Crippen LogP contribution in [0.1, 0.15) is 22.3 Å². The number of anilines is 3. The highest BCUT2D eigenvalue weighted by atomic mass is 16.3. The molecule has 6 N–H and O–H groups in total. The Morgan fingerprint density at radius 1 is 0.857 bits per heavy atom. The first-order chi connectivity index (χ1) is 13.2. The smallest absolute Gasteiger partial charge is 0.205 e. The molecule has 2 aromatic carbocycles. The third-order valence-electron chi connectivity index (χ3n) is 5.22. The second-order valence-electron chi connectivity index (χ2n) is 6.95. The highest BCUT2D eigenvalue weighted by Gasteiger charge is 2.20. The van der Waals surface area contributed by atoms with Crippen LogP contribution in [0.5, 0.6) is 0 Å². The lowest BCUT2D eigenvalue weighted by Gasteiger charge is -2.17. The first-order valence-electron chi connectivity index (χ1n) is 8.93. The van der Waals surface area contributed by atoms with Gasteiger partial charge in [0, 0.05) is 23.1 Å². The Kier molecular flexibility index (Phi) is 4.96. The number of carbonyl (C=O) groups is 1. The summed E-state index contributed by atoms with van der Waals surface area (Å²) >= 11 is 0. The minimum Gasteiger partial charge on any atom is -0.506 e. The molecule has 6 heteroatoms. The number of nitrogen functional groups attached to an aromatic ring is 2. The van der Waals surface area contributed by atoms with Crippen LogP contribution in [0.3, 0.4) is 0 Å². The van der Waals surface area contributed by atoms with E-state index in [1.165, 1.54) is 6.08 Å². The Morgan fingerprint density at radius 2 is 1.46 bits per heavy atom. The molecule has 0 saturated heterocycles. The lowest BCUT2D eigenvalue weighted by molar-refractivity contribution is -0.111. The summed E-state index contributed by atoms with van der Waals surface area (Å²) in [6.45, 7) is 7.70. The number of aliphatic hydroxyl groups is 1. The van der Waals surface area contributed by atoms with Gasteiger partial charge in [0.2, 0.25) is 5.78 Å². The van der Waals surface area contributed by atoms with E-state index in [4.69, 9.17) is 11.5 Å². The Balaban J connectivity index is 2.01. The van der Waals surface area contributed by atoms with Gasteiger partial charge in [-0.15, -0.1) is 0 Å². The number of allylic oxidation sites excluding steroid dienone is 2. The zero-order valence-electron chi connectivity index (χ0n) is 16.4. The summed E-state index contributed by atoms with van der Waals surface area (Å²) in [5, 5.41) is 13.4. The molecule has 0 radical (unpaired) electrons. The van der Waals surface area contributed by atoms with Gasteiger partial charge < -0.3 is 21.9 Å². The molecule has 0 spiro atoms. The normalized spacial score (nSPS) is 15.4. The number of hydrogen-bond donors (Lipinski definition) is 4. The Labute approximate surface area is 164 Å². The number of carbonyl (C=O) groups excluding carboxylic acids is 1. The second-order valence-corrected chi connectivity index (χ2v) is 6.95. The number of nitrogens with two attached hydrogens (primary N) is 2. The van der Waals surface area contributed by atoms with Crippen molar-refractivity contribution in [3.05, 3.63) is 70.1 Å². The first kappa shape index (κ1) is 19.2. The molecule has 1 aliphatic rings. The predicted molar refractivity (Wildman–Crippen MR) is 115 cm³/mol. The summed E-state index contributed by atoms with van der Waals surface area (Å²) in [5.74, 6) is -0.495. The van der Waals surface area contributed by atoms with E-state index < -0.39 is 0 Å². The van der Waals surface area contributed by atoms with Gasteiger partial charge in [-0.25, -0.2) is 4.99 Å². The van der Waals surface area contributed by atoms with Crippen molar-refractivity contribution >= 4 is 34.2 Å². The highest BCUT2D eigenvalue weighted by molar-refractivity contribution is 6.22. The lowest BCUT2D eigenvalue weighted by Crippen LogP contribution is -2.19. The van der Waals surface area contributed by atoms with E-state index in [-0.39, 0.29) is 11.5 Å². The first-order valence-corrected chi connectivity index (χ1v) is 8.93. The standard InChI is InChI=1S/C22H24N4O2/c1-11-13(3)17(7-5-15(11)23)25-19-9-20(22(28)10-21(19)27)26-18-8-6-16(24)12(2)14(18)4/h5-10,25,28H,23-24H2,1-4H3/b26-20-. The van der Waals surface area contributed by atoms with Crippen molar-refractivity contribution in [3.63, 3.8) is 0 Å². The van der Waals surface area contributed by atoms with Crippen molar-refractivity contribution in [2.45, 2.75) is 27.7 Å². The van der Waals surface area contributed by atoms with Gasteiger partial charge in [0.1, 0.15) is 11.5 Å². The van der Waals surface area contributed by atoms with Crippen LogP contribution in [0.25, 0.3) is 0 Å². The van der Waals surface area contributed by atoms with Crippen LogP contribution in [0.4, 0.5) is 22.7 Å². The van der Waals surface area contributed by atoms with Crippen molar-refractivity contribution in [1.29, 1.82) is 0 Å². The van der Waals surface area contributed by atoms with E-state index >= 15 is 0 Å². The van der Waals surface area contributed by atoms with Gasteiger partial charge in [0.05, 0.1) is 11.4 Å². The third kappa shape index (κ3) is 3.49. The second kappa shape index (κ2) is 7.23. The number of aliphatic hydroxyl groups excluding tert-OH is 1. The molecule has 2 aromatic rings. The fourth-order valence-electron chi connectivity index (χ4n) is 2.95. The maximum Gasteiger partial charge on any atom is 0.205 e. The zero-order chi connectivity index (χ0) is 20.6. The van der Waals surface area contributed by atoms with Crippen LogP contribution in [-0.2, 0) is 4.79 Å². The van der Waals surface area contributed by atoms with E-state index in [1.54, 1.807) is 24.3 Å². The lowest BCUT2D eigenvalue weighted by atomic mass is 10.0. The Morgan fingerprint density at radius 3 is 2.14 bits per heavy atom. The summed E-state index contributed by atoms with van der Waals surface area (Å²) < 4.78 is 0. The number of nitrogens with one attached hydrogen (secondary N) is 1. The number of rotatable bonds is 3. The van der Waals surface area contributed by atoms with Gasteiger partial charge >= 0.3 is 0 Å². The molecule has 1 aliphatic carbocycles. The van der Waals surface area contributed by atoms with Gasteiger partial charge in [-0.2, -0.15) is 0 Å². The fourth-order valence-corrected chi connectivity index (χ4v) is 2.95. The number of hydrogen-bond acceptors (Lipinski definition) is 6. The third-order valence-corrected chi connectivity index (χ3v) is 5.22. The molecule has 0 saturated carbocycles. The molecule has 0 amide bonds. The SMILES string of the molecule is Cc1c(N)ccc(/N=C2/C=C(Nc3ccc(N)c(C)c3C)C(=O)C=C2O)c1C. The van der Waals surface area contributed by atoms with Crippen LogP contribution >= 0.6 is 0 Å². The van der Waals surface area contributed by atoms with Crippen molar-refractivity contribution in [1.82, 2.24) is 0 Å². The van der Waals surface area contributed by atoms with Crippen molar-refractivity contribution < 1.29 is 9.90 Å². The molecular weight excluding hydrogens is 352 g/mol. The van der Waals surface area contributed by atoms with E-state index in [1.807, 2.05) is 33.8 Å². The Bertz CT molecular complexity index is 1080. The number of ketones is 1. The molecule has 0 aliphatic heterocycles. The van der Waals surface area contributed by atoms with Gasteiger partial charge in [0.25, 0.3) is 0 Å². The van der Waals surface area contributed by atoms with Crippen molar-refractivity contribution in [2.75, 3.05) is 16.8 Å². The largest absolute Gasteiger partial charge is 0.506 e. The van der Waals surface area contributed by atoms with Crippen LogP contribution in [0.15, 0.2) is 52.9 Å². The molecule has 0 unspecified atom stereocenters. The minimum atomic E-state index is -0.324. The topological polar surface area (TPSA) is 114 Å². The van der Waals surface area contributed by atoms with Crippen molar-refractivity contribution in [3.8, 4) is 0 Å². The van der Waals surface area contributed by atoms with Crippen LogP contribution in [0.2, 0.25) is 0 Å². The van der Waals surface area contributed by atoms with E-state index in [9.17, 15) is 9.90 Å². The number of nitrogens with zero attached hydrogens (tertiary/aromatic N) is 1. The summed E-state index contributed by atoms with van der Waals surface area (Å²) in [5.41, 5.74) is 19.1. The van der Waals surface area contributed by atoms with Gasteiger partial charge in [-0.3, -0.25) is 4.79 Å². The predicted octanol–water partition coefficient (Wildman–Crippen LogP) is 4.18.